The molecule has 0 aliphatic heterocycles. The average molecular weight is 431 g/mol. The van der Waals surface area contributed by atoms with Gasteiger partial charge in [0.2, 0.25) is 0 Å². The van der Waals surface area contributed by atoms with Crippen LogP contribution in [0.4, 0.5) is 0 Å². The van der Waals surface area contributed by atoms with E-state index < -0.39 is 5.97 Å². The Morgan fingerprint density at radius 3 is 2.23 bits per heavy atom. The minimum absolute atomic E-state index is 0.0387. The molecule has 168 valence electrons. The second kappa shape index (κ2) is 13.3. The number of unbranched alkanes of at least 4 members (excludes halogenated alkanes) is 1. The number of carbonyl (C=O) groups is 2. The first-order valence-corrected chi connectivity index (χ1v) is 10.3. The molecule has 0 atom stereocenters. The Bertz CT molecular complexity index is 842. The van der Waals surface area contributed by atoms with Crippen LogP contribution < -0.4 is 5.32 Å². The summed E-state index contributed by atoms with van der Waals surface area (Å²) in [6.07, 6.45) is 2.22. The second-order valence-corrected chi connectivity index (χ2v) is 7.22. The molecule has 0 radical (unpaired) electrons. The number of rotatable bonds is 14. The molecule has 31 heavy (non-hydrogen) atoms. The van der Waals surface area contributed by atoms with Crippen LogP contribution in [0.25, 0.3) is 0 Å². The fourth-order valence-electron chi connectivity index (χ4n) is 3.10. The zero-order chi connectivity index (χ0) is 22.5. The van der Waals surface area contributed by atoms with Crippen LogP contribution in [0.3, 0.4) is 0 Å². The number of nitrogens with one attached hydrogen (secondary N) is 1. The van der Waals surface area contributed by atoms with Crippen LogP contribution in [0.2, 0.25) is 0 Å². The molecule has 0 saturated carbocycles. The van der Waals surface area contributed by atoms with Gasteiger partial charge in [0.25, 0.3) is 0 Å². The predicted octanol–water partition coefficient (Wildman–Crippen LogP) is 2.14. The van der Waals surface area contributed by atoms with Crippen LogP contribution in [0, 0.1) is 0 Å². The number of phenolic OH excluding ortho intramolecular Hbond substituents is 2. The number of hydrogen-bond acceptors (Lipinski definition) is 7. The van der Waals surface area contributed by atoms with E-state index >= 15 is 0 Å². The number of hydrogen-bond donors (Lipinski definition) is 4. The summed E-state index contributed by atoms with van der Waals surface area (Å²) in [6.45, 7) is 1.28. The summed E-state index contributed by atoms with van der Waals surface area (Å²) in [6, 6.07) is 14.0. The topological polar surface area (TPSA) is 119 Å². The maximum atomic E-state index is 11.8. The van der Waals surface area contributed by atoms with Gasteiger partial charge in [-0.2, -0.15) is 0 Å². The zero-order valence-corrected chi connectivity index (χ0v) is 17.5. The third kappa shape index (κ3) is 9.50. The molecule has 8 nitrogen and oxygen atoms in total. The number of ether oxygens (including phenoxy) is 1. The molecule has 0 unspecified atom stereocenters. The van der Waals surface area contributed by atoms with Crippen LogP contribution in [0.1, 0.15) is 24.0 Å². The number of carboxylic acid groups (broad SMARTS) is 1. The summed E-state index contributed by atoms with van der Waals surface area (Å²) in [4.78, 5) is 24.6. The fraction of sp³-hybridized carbons (Fsp3) is 0.391. The molecule has 0 aromatic heterocycles. The first-order valence-electron chi connectivity index (χ1n) is 10.3. The maximum Gasteiger partial charge on any atom is 0.319 e. The van der Waals surface area contributed by atoms with Crippen LogP contribution >= 0.6 is 0 Å². The van der Waals surface area contributed by atoms with E-state index in [9.17, 15) is 19.8 Å². The molecule has 2 aromatic carbocycles. The van der Waals surface area contributed by atoms with Crippen molar-refractivity contribution in [1.82, 2.24) is 10.2 Å². The minimum atomic E-state index is -0.960. The Kier molecular flexibility index (Phi) is 10.3. The molecule has 0 aliphatic rings. The predicted molar refractivity (Wildman–Crippen MR) is 116 cm³/mol. The van der Waals surface area contributed by atoms with E-state index in [0.717, 1.165) is 18.4 Å². The Morgan fingerprint density at radius 2 is 1.58 bits per heavy atom. The molecular formula is C23H30N2O6. The molecule has 2 rings (SSSR count). The molecule has 0 fully saturated rings. The Balaban J connectivity index is 1.60. The summed E-state index contributed by atoms with van der Waals surface area (Å²) in [7, 11) is 0. The average Bonchev–Trinajstić information content (AvgIpc) is 2.73. The second-order valence-electron chi connectivity index (χ2n) is 7.22. The lowest BCUT2D eigenvalue weighted by atomic mass is 10.1. The molecule has 0 aliphatic carbocycles. The fourth-order valence-corrected chi connectivity index (χ4v) is 3.10. The van der Waals surface area contributed by atoms with Crippen LogP contribution in [0.5, 0.6) is 11.5 Å². The van der Waals surface area contributed by atoms with Crippen molar-refractivity contribution in [3.05, 3.63) is 59.7 Å². The van der Waals surface area contributed by atoms with Gasteiger partial charge in [-0.3, -0.25) is 14.5 Å². The molecule has 0 heterocycles. The Hall–Kier alpha value is -3.10. The molecule has 8 heteroatoms. The smallest absolute Gasteiger partial charge is 0.319 e. The highest BCUT2D eigenvalue weighted by molar-refractivity contribution is 5.71. The SMILES string of the molecule is O=C(O)CN(CCNCC(=O)OCCCCc1ccccc1O)Cc1ccccc1O. The highest BCUT2D eigenvalue weighted by Crippen LogP contribution is 2.18. The van der Waals surface area contributed by atoms with Crippen molar-refractivity contribution < 1.29 is 29.6 Å². The minimum Gasteiger partial charge on any atom is -0.508 e. The van der Waals surface area contributed by atoms with Crippen molar-refractivity contribution >= 4 is 11.9 Å². The van der Waals surface area contributed by atoms with Gasteiger partial charge in [0, 0.05) is 25.2 Å². The molecule has 0 spiro atoms. The van der Waals surface area contributed by atoms with E-state index in [2.05, 4.69) is 5.32 Å². The molecule has 4 N–H and O–H groups in total. The summed E-state index contributed by atoms with van der Waals surface area (Å²) in [5.74, 6) is -0.924. The number of aromatic hydroxyl groups is 2. The van der Waals surface area contributed by atoms with Gasteiger partial charge in [0.15, 0.2) is 0 Å². The highest BCUT2D eigenvalue weighted by atomic mass is 16.5. The van der Waals surface area contributed by atoms with Crippen molar-refractivity contribution in [2.75, 3.05) is 32.8 Å². The van der Waals surface area contributed by atoms with Gasteiger partial charge in [-0.05, 0) is 37.0 Å². The Labute approximate surface area is 182 Å². The largest absolute Gasteiger partial charge is 0.508 e. The number of carbonyl (C=O) groups excluding carboxylic acids is 1. The van der Waals surface area contributed by atoms with Crippen LogP contribution in [-0.4, -0.2) is 64.9 Å². The number of esters is 1. The van der Waals surface area contributed by atoms with Gasteiger partial charge in [0.05, 0.1) is 19.7 Å². The lowest BCUT2D eigenvalue weighted by molar-refractivity contribution is -0.143. The van der Waals surface area contributed by atoms with E-state index in [1.54, 1.807) is 41.3 Å². The van der Waals surface area contributed by atoms with E-state index in [4.69, 9.17) is 9.84 Å². The number of carboxylic acids is 1. The van der Waals surface area contributed by atoms with Crippen LogP contribution in [0.15, 0.2) is 48.5 Å². The number of benzene rings is 2. The first-order chi connectivity index (χ1) is 15.0. The van der Waals surface area contributed by atoms with Crippen molar-refractivity contribution in [2.24, 2.45) is 0 Å². The molecule has 0 saturated heterocycles. The standard InChI is InChI=1S/C23H30N2O6/c26-20-10-3-1-7-18(20)8-5-6-14-31-23(30)15-24-12-13-25(17-22(28)29)16-19-9-2-4-11-21(19)27/h1-4,7,9-11,24,26-27H,5-6,8,12-17H2,(H,28,29). The quantitative estimate of drug-likeness (QED) is 0.266. The maximum absolute atomic E-state index is 11.8. The van der Waals surface area contributed by atoms with E-state index in [0.29, 0.717) is 38.2 Å². The number of phenols is 2. The molecule has 0 bridgehead atoms. The molecular weight excluding hydrogens is 400 g/mol. The third-order valence-corrected chi connectivity index (χ3v) is 4.71. The summed E-state index contributed by atoms with van der Waals surface area (Å²) in [5, 5.41) is 31.6. The summed E-state index contributed by atoms with van der Waals surface area (Å²) >= 11 is 0. The molecule has 0 amide bonds. The number of nitrogens with zero attached hydrogens (tertiary/aromatic N) is 1. The lowest BCUT2D eigenvalue weighted by Crippen LogP contribution is -2.37. The van der Waals surface area contributed by atoms with Gasteiger partial charge in [0.1, 0.15) is 11.5 Å². The number of para-hydroxylation sites is 2. The van der Waals surface area contributed by atoms with E-state index in [1.807, 2.05) is 12.1 Å². The summed E-state index contributed by atoms with van der Waals surface area (Å²) in [5.41, 5.74) is 1.53. The molecule has 2 aromatic rings. The van der Waals surface area contributed by atoms with E-state index in [1.165, 1.54) is 0 Å². The first kappa shape index (κ1) is 24.2. The van der Waals surface area contributed by atoms with Crippen molar-refractivity contribution in [3.8, 4) is 11.5 Å². The monoisotopic (exact) mass is 430 g/mol. The van der Waals surface area contributed by atoms with Crippen LogP contribution in [-0.2, 0) is 27.3 Å². The van der Waals surface area contributed by atoms with Gasteiger partial charge >= 0.3 is 11.9 Å². The normalized spacial score (nSPS) is 10.9. The van der Waals surface area contributed by atoms with Crippen molar-refractivity contribution in [2.45, 2.75) is 25.8 Å². The number of aryl methyl sites for hydroxylation is 1. The lowest BCUT2D eigenvalue weighted by Gasteiger charge is -2.21. The summed E-state index contributed by atoms with van der Waals surface area (Å²) < 4.78 is 5.19. The van der Waals surface area contributed by atoms with Gasteiger partial charge in [-0.1, -0.05) is 36.4 Å². The zero-order valence-electron chi connectivity index (χ0n) is 17.5. The highest BCUT2D eigenvalue weighted by Gasteiger charge is 2.12. The van der Waals surface area contributed by atoms with Crippen molar-refractivity contribution in [1.29, 1.82) is 0 Å². The number of aliphatic carboxylic acids is 1. The third-order valence-electron chi connectivity index (χ3n) is 4.71. The van der Waals surface area contributed by atoms with Gasteiger partial charge in [-0.15, -0.1) is 0 Å². The van der Waals surface area contributed by atoms with Gasteiger partial charge in [-0.25, -0.2) is 0 Å². The van der Waals surface area contributed by atoms with E-state index in [-0.39, 0.29) is 30.6 Å². The van der Waals surface area contributed by atoms with Crippen molar-refractivity contribution in [3.63, 3.8) is 0 Å². The van der Waals surface area contributed by atoms with Gasteiger partial charge < -0.3 is 25.4 Å². The Morgan fingerprint density at radius 1 is 0.935 bits per heavy atom.